The van der Waals surface area contributed by atoms with E-state index in [2.05, 4.69) is 16.6 Å². The van der Waals surface area contributed by atoms with Crippen LogP contribution in [0.15, 0.2) is 59.2 Å². The largest absolute Gasteiger partial charge is 0.484 e. The van der Waals surface area contributed by atoms with Crippen LogP contribution in [0.5, 0.6) is 5.75 Å². The Hall–Kier alpha value is -2.88. The van der Waals surface area contributed by atoms with Gasteiger partial charge in [0.2, 0.25) is 0 Å². The summed E-state index contributed by atoms with van der Waals surface area (Å²) in [4.78, 5) is 11.8. The highest BCUT2D eigenvalue weighted by Gasteiger charge is 2.02. The van der Waals surface area contributed by atoms with Crippen LogP contribution in [0.25, 0.3) is 6.08 Å². The van der Waals surface area contributed by atoms with Crippen molar-refractivity contribution in [2.45, 2.75) is 20.8 Å². The summed E-state index contributed by atoms with van der Waals surface area (Å²) in [5, 5.41) is 3.94. The van der Waals surface area contributed by atoms with Crippen molar-refractivity contribution in [3.63, 3.8) is 0 Å². The molecule has 0 bridgehead atoms. The molecule has 0 fully saturated rings. The summed E-state index contributed by atoms with van der Waals surface area (Å²) in [6, 6.07) is 15.8. The van der Waals surface area contributed by atoms with Crippen LogP contribution in [0.3, 0.4) is 0 Å². The van der Waals surface area contributed by atoms with Crippen molar-refractivity contribution < 1.29 is 9.53 Å². The second kappa shape index (κ2) is 8.67. The van der Waals surface area contributed by atoms with Crippen molar-refractivity contribution in [1.82, 2.24) is 5.43 Å². The predicted octanol–water partition coefficient (Wildman–Crippen LogP) is 3.89. The number of amides is 1. The number of ether oxygens (including phenoxy) is 1. The molecule has 4 heteroatoms. The minimum atomic E-state index is -0.294. The van der Waals surface area contributed by atoms with E-state index in [1.165, 1.54) is 0 Å². The first kappa shape index (κ1) is 17.5. The molecule has 0 aromatic heterocycles. The summed E-state index contributed by atoms with van der Waals surface area (Å²) in [6.07, 6.45) is 3.60. The van der Waals surface area contributed by atoms with Gasteiger partial charge in [0.1, 0.15) is 5.75 Å². The maximum absolute atomic E-state index is 11.8. The van der Waals surface area contributed by atoms with Crippen molar-refractivity contribution in [1.29, 1.82) is 0 Å². The zero-order valence-corrected chi connectivity index (χ0v) is 14.2. The summed E-state index contributed by atoms with van der Waals surface area (Å²) in [5.41, 5.74) is 6.70. The van der Waals surface area contributed by atoms with Gasteiger partial charge in [-0.15, -0.1) is 0 Å². The highest BCUT2D eigenvalue weighted by molar-refractivity contribution is 5.86. The van der Waals surface area contributed by atoms with Crippen LogP contribution in [0.2, 0.25) is 0 Å². The van der Waals surface area contributed by atoms with E-state index in [1.807, 2.05) is 69.3 Å². The second-order valence-electron chi connectivity index (χ2n) is 5.70. The Morgan fingerprint density at radius 1 is 1.12 bits per heavy atom. The number of carbonyl (C=O) groups is 1. The summed E-state index contributed by atoms with van der Waals surface area (Å²) in [7, 11) is 0. The first-order valence-corrected chi connectivity index (χ1v) is 7.79. The summed E-state index contributed by atoms with van der Waals surface area (Å²) in [6.45, 7) is 5.84. The number of rotatable bonds is 6. The molecule has 0 radical (unpaired) electrons. The maximum atomic E-state index is 11.8. The summed E-state index contributed by atoms with van der Waals surface area (Å²) in [5.74, 6) is 0.393. The van der Waals surface area contributed by atoms with E-state index in [4.69, 9.17) is 4.74 Å². The van der Waals surface area contributed by atoms with Gasteiger partial charge in [-0.1, -0.05) is 42.5 Å². The van der Waals surface area contributed by atoms with E-state index in [0.717, 1.165) is 22.3 Å². The first-order chi connectivity index (χ1) is 11.5. The minimum Gasteiger partial charge on any atom is -0.484 e. The molecule has 0 saturated carbocycles. The molecule has 0 heterocycles. The average Bonchev–Trinajstić information content (AvgIpc) is 2.53. The van der Waals surface area contributed by atoms with Gasteiger partial charge in [-0.05, 0) is 55.2 Å². The lowest BCUT2D eigenvalue weighted by molar-refractivity contribution is -0.123. The van der Waals surface area contributed by atoms with Crippen LogP contribution in [0.1, 0.15) is 23.6 Å². The SMILES string of the molecule is CC(/C=N\NC(=O)COc1cc(C)cc(C)c1)=C\c1ccccc1. The fourth-order valence-electron chi connectivity index (χ4n) is 2.25. The van der Waals surface area contributed by atoms with Crippen molar-refractivity contribution in [2.75, 3.05) is 6.61 Å². The van der Waals surface area contributed by atoms with Crippen LogP contribution in [-0.2, 0) is 4.79 Å². The van der Waals surface area contributed by atoms with Crippen molar-refractivity contribution in [3.05, 3.63) is 70.8 Å². The number of benzene rings is 2. The number of allylic oxidation sites excluding steroid dienone is 1. The number of hydrogen-bond donors (Lipinski definition) is 1. The Morgan fingerprint density at radius 3 is 2.46 bits per heavy atom. The number of carbonyl (C=O) groups excluding carboxylic acids is 1. The number of aryl methyl sites for hydroxylation is 2. The van der Waals surface area contributed by atoms with E-state index >= 15 is 0 Å². The van der Waals surface area contributed by atoms with Gasteiger partial charge in [-0.25, -0.2) is 5.43 Å². The lowest BCUT2D eigenvalue weighted by Crippen LogP contribution is -2.24. The fraction of sp³-hybridized carbons (Fsp3) is 0.200. The Bertz CT molecular complexity index is 729. The van der Waals surface area contributed by atoms with Crippen molar-refractivity contribution >= 4 is 18.2 Å². The van der Waals surface area contributed by atoms with Gasteiger partial charge in [0.25, 0.3) is 5.91 Å². The van der Waals surface area contributed by atoms with E-state index in [0.29, 0.717) is 5.75 Å². The Kier molecular flexibility index (Phi) is 6.32. The fourth-order valence-corrected chi connectivity index (χ4v) is 2.25. The zero-order valence-electron chi connectivity index (χ0n) is 14.2. The molecule has 0 spiro atoms. The van der Waals surface area contributed by atoms with Crippen LogP contribution in [-0.4, -0.2) is 18.7 Å². The van der Waals surface area contributed by atoms with Gasteiger partial charge in [0.15, 0.2) is 6.61 Å². The van der Waals surface area contributed by atoms with Gasteiger partial charge in [-0.3, -0.25) is 4.79 Å². The van der Waals surface area contributed by atoms with Crippen LogP contribution in [0, 0.1) is 13.8 Å². The first-order valence-electron chi connectivity index (χ1n) is 7.79. The molecule has 2 aromatic rings. The summed E-state index contributed by atoms with van der Waals surface area (Å²) >= 11 is 0. The quantitative estimate of drug-likeness (QED) is 0.648. The molecule has 1 amide bonds. The third-order valence-corrected chi connectivity index (χ3v) is 3.22. The van der Waals surface area contributed by atoms with Crippen LogP contribution in [0.4, 0.5) is 0 Å². The molecule has 24 heavy (non-hydrogen) atoms. The van der Waals surface area contributed by atoms with Gasteiger partial charge < -0.3 is 4.74 Å². The molecular weight excluding hydrogens is 300 g/mol. The van der Waals surface area contributed by atoms with E-state index in [9.17, 15) is 4.79 Å². The van der Waals surface area contributed by atoms with E-state index < -0.39 is 0 Å². The van der Waals surface area contributed by atoms with Crippen LogP contribution >= 0.6 is 0 Å². The monoisotopic (exact) mass is 322 g/mol. The third-order valence-electron chi connectivity index (χ3n) is 3.22. The highest BCUT2D eigenvalue weighted by Crippen LogP contribution is 2.15. The van der Waals surface area contributed by atoms with Gasteiger partial charge in [0, 0.05) is 0 Å². The van der Waals surface area contributed by atoms with Gasteiger partial charge in [0.05, 0.1) is 6.21 Å². The topological polar surface area (TPSA) is 50.7 Å². The Balaban J connectivity index is 1.81. The predicted molar refractivity (Wildman–Crippen MR) is 98.1 cm³/mol. The number of nitrogens with zero attached hydrogens (tertiary/aromatic N) is 1. The van der Waals surface area contributed by atoms with Crippen LogP contribution < -0.4 is 10.2 Å². The van der Waals surface area contributed by atoms with Gasteiger partial charge >= 0.3 is 0 Å². The molecule has 0 saturated heterocycles. The molecule has 4 nitrogen and oxygen atoms in total. The second-order valence-corrected chi connectivity index (χ2v) is 5.70. The molecule has 2 rings (SSSR count). The molecule has 1 N–H and O–H groups in total. The lowest BCUT2D eigenvalue weighted by Gasteiger charge is -2.07. The number of hydrazone groups is 1. The number of nitrogens with one attached hydrogen (secondary N) is 1. The normalized spacial score (nSPS) is 11.5. The van der Waals surface area contributed by atoms with Gasteiger partial charge in [-0.2, -0.15) is 5.10 Å². The Morgan fingerprint density at radius 2 is 1.79 bits per heavy atom. The molecule has 2 aromatic carbocycles. The number of hydrogen-bond acceptors (Lipinski definition) is 3. The summed E-state index contributed by atoms with van der Waals surface area (Å²) < 4.78 is 5.48. The average molecular weight is 322 g/mol. The van der Waals surface area contributed by atoms with Crippen molar-refractivity contribution in [2.24, 2.45) is 5.10 Å². The maximum Gasteiger partial charge on any atom is 0.277 e. The van der Waals surface area contributed by atoms with E-state index in [1.54, 1.807) is 6.21 Å². The van der Waals surface area contributed by atoms with E-state index in [-0.39, 0.29) is 12.5 Å². The molecule has 0 aliphatic carbocycles. The van der Waals surface area contributed by atoms with Crippen molar-refractivity contribution in [3.8, 4) is 5.75 Å². The lowest BCUT2D eigenvalue weighted by atomic mass is 10.1. The molecular formula is C20H22N2O2. The third kappa shape index (κ3) is 6.08. The minimum absolute atomic E-state index is 0.0678. The molecule has 124 valence electrons. The molecule has 0 atom stereocenters. The standard InChI is InChI=1S/C20H22N2O2/c1-15-9-16(2)12-19(11-15)24-14-20(23)22-21-13-17(3)10-18-7-5-4-6-8-18/h4-13H,14H2,1-3H3,(H,22,23)/b17-10+,21-13-. The zero-order chi connectivity index (χ0) is 17.4. The molecule has 0 aliphatic rings. The highest BCUT2D eigenvalue weighted by atomic mass is 16.5. The molecule has 0 aliphatic heterocycles. The Labute approximate surface area is 142 Å². The smallest absolute Gasteiger partial charge is 0.277 e. The molecule has 0 unspecified atom stereocenters.